The third-order valence-electron chi connectivity index (χ3n) is 2.92. The van der Waals surface area contributed by atoms with E-state index < -0.39 is 19.5 Å². The first kappa shape index (κ1) is 12.6. The molecule has 1 saturated heterocycles. The van der Waals surface area contributed by atoms with Crippen molar-refractivity contribution in [2.45, 2.75) is 50.3 Å². The Kier molecular flexibility index (Phi) is 3.23. The van der Waals surface area contributed by atoms with Gasteiger partial charge in [-0.2, -0.15) is 0 Å². The van der Waals surface area contributed by atoms with Gasteiger partial charge in [-0.15, -0.1) is 0 Å². The maximum absolute atomic E-state index is 11.3. The SMILES string of the molecule is [B][C@H]1C[C@H]2OP(=O)([O-])O[C@]2(COC(C)C)C1. The van der Waals surface area contributed by atoms with Crippen LogP contribution in [0.3, 0.4) is 0 Å². The lowest BCUT2D eigenvalue weighted by Crippen LogP contribution is -2.40. The van der Waals surface area contributed by atoms with Crippen LogP contribution in [0.15, 0.2) is 0 Å². The third-order valence-corrected chi connectivity index (χ3v) is 4.02. The molecule has 0 aromatic carbocycles. The lowest BCUT2D eigenvalue weighted by Gasteiger charge is -2.28. The van der Waals surface area contributed by atoms with E-state index in [4.69, 9.17) is 21.6 Å². The second-order valence-corrected chi connectivity index (χ2v) is 6.04. The highest BCUT2D eigenvalue weighted by Crippen LogP contribution is 2.61. The van der Waals surface area contributed by atoms with E-state index in [9.17, 15) is 9.46 Å². The van der Waals surface area contributed by atoms with Crippen molar-refractivity contribution in [2.24, 2.45) is 0 Å². The van der Waals surface area contributed by atoms with Crippen molar-refractivity contribution in [1.82, 2.24) is 0 Å². The zero-order valence-electron chi connectivity index (χ0n) is 9.42. The van der Waals surface area contributed by atoms with E-state index in [1.807, 2.05) is 13.8 Å². The monoisotopic (exact) mass is 245 g/mol. The van der Waals surface area contributed by atoms with Crippen LogP contribution in [0.25, 0.3) is 0 Å². The summed E-state index contributed by atoms with van der Waals surface area (Å²) in [5.74, 6) is -0.0962. The normalized spacial score (nSPS) is 47.5. The predicted molar refractivity (Wildman–Crippen MR) is 56.1 cm³/mol. The van der Waals surface area contributed by atoms with Crippen molar-refractivity contribution < 1.29 is 23.2 Å². The first-order chi connectivity index (χ1) is 7.33. The number of hydrogen-bond acceptors (Lipinski definition) is 5. The van der Waals surface area contributed by atoms with Gasteiger partial charge in [0.15, 0.2) is 0 Å². The lowest BCUT2D eigenvalue weighted by atomic mass is 9.85. The second kappa shape index (κ2) is 4.11. The Labute approximate surface area is 96.5 Å². The standard InChI is InChI=1S/C9H16BO5P/c1-6(2)13-5-9-4-7(10)3-8(9)14-16(11,12)15-9/h6-8H,3-5H2,1-2H3,(H,11,12)/p-1/t7-,8+,9-/m0/s1. The summed E-state index contributed by atoms with van der Waals surface area (Å²) in [6.45, 7) is 3.97. The van der Waals surface area contributed by atoms with Gasteiger partial charge in [0.25, 0.3) is 7.82 Å². The van der Waals surface area contributed by atoms with Gasteiger partial charge in [-0.3, -0.25) is 4.57 Å². The van der Waals surface area contributed by atoms with E-state index in [0.29, 0.717) is 12.8 Å². The Hall–Kier alpha value is 0.135. The Morgan fingerprint density at radius 3 is 3.00 bits per heavy atom. The van der Waals surface area contributed by atoms with Gasteiger partial charge < -0.3 is 18.7 Å². The zero-order chi connectivity index (χ0) is 12.0. The number of hydrogen-bond donors (Lipinski definition) is 0. The van der Waals surface area contributed by atoms with Crippen LogP contribution in [-0.4, -0.2) is 32.3 Å². The number of rotatable bonds is 3. The van der Waals surface area contributed by atoms with Gasteiger partial charge in [-0.05, 0) is 26.7 Å². The molecular formula is C9H15BO5P-. The fourth-order valence-electron chi connectivity index (χ4n) is 2.27. The molecule has 0 aromatic rings. The summed E-state index contributed by atoms with van der Waals surface area (Å²) < 4.78 is 26.7. The summed E-state index contributed by atoms with van der Waals surface area (Å²) in [4.78, 5) is 11.3. The van der Waals surface area contributed by atoms with E-state index in [0.717, 1.165) is 0 Å². The summed E-state index contributed by atoms with van der Waals surface area (Å²) in [5, 5.41) is 0. The minimum absolute atomic E-state index is 0.0158. The molecule has 1 saturated carbocycles. The Bertz CT molecular complexity index is 323. The molecule has 0 spiro atoms. The fourth-order valence-corrected chi connectivity index (χ4v) is 3.59. The van der Waals surface area contributed by atoms with Gasteiger partial charge >= 0.3 is 0 Å². The van der Waals surface area contributed by atoms with Gasteiger partial charge in [0.2, 0.25) is 0 Å². The van der Waals surface area contributed by atoms with E-state index in [1.54, 1.807) is 0 Å². The van der Waals surface area contributed by atoms with Crippen LogP contribution < -0.4 is 4.89 Å². The molecule has 1 aliphatic carbocycles. The highest BCUT2D eigenvalue weighted by molar-refractivity contribution is 7.46. The summed E-state index contributed by atoms with van der Waals surface area (Å²) in [7, 11) is 1.64. The van der Waals surface area contributed by atoms with Crippen LogP contribution in [-0.2, 0) is 18.3 Å². The van der Waals surface area contributed by atoms with Gasteiger partial charge in [0, 0.05) is 0 Å². The molecule has 0 bridgehead atoms. The molecule has 2 radical (unpaired) electrons. The minimum Gasteiger partial charge on any atom is -0.756 e. The van der Waals surface area contributed by atoms with Crippen LogP contribution in [0, 0.1) is 0 Å². The lowest BCUT2D eigenvalue weighted by molar-refractivity contribution is -0.219. The maximum Gasteiger partial charge on any atom is 0.268 e. The number of ether oxygens (including phenoxy) is 1. The number of fused-ring (bicyclic) bond motifs is 1. The van der Waals surface area contributed by atoms with E-state index in [2.05, 4.69) is 0 Å². The van der Waals surface area contributed by atoms with Crippen molar-refractivity contribution in [2.75, 3.05) is 6.61 Å². The first-order valence-corrected chi connectivity index (χ1v) is 6.86. The topological polar surface area (TPSA) is 67.8 Å². The van der Waals surface area contributed by atoms with Crippen LogP contribution >= 0.6 is 7.82 Å². The smallest absolute Gasteiger partial charge is 0.268 e. The molecular weight excluding hydrogens is 230 g/mol. The van der Waals surface area contributed by atoms with Crippen molar-refractivity contribution in [1.29, 1.82) is 0 Å². The molecule has 2 rings (SSSR count). The van der Waals surface area contributed by atoms with Gasteiger partial charge in [-0.25, -0.2) is 0 Å². The van der Waals surface area contributed by atoms with Crippen LogP contribution in [0.5, 0.6) is 0 Å². The van der Waals surface area contributed by atoms with Crippen molar-refractivity contribution in [3.63, 3.8) is 0 Å². The Balaban J connectivity index is 2.11. The van der Waals surface area contributed by atoms with E-state index >= 15 is 0 Å². The largest absolute Gasteiger partial charge is 0.756 e. The molecule has 16 heavy (non-hydrogen) atoms. The molecule has 4 atom stereocenters. The van der Waals surface area contributed by atoms with Gasteiger partial charge in [0.1, 0.15) is 5.60 Å². The second-order valence-electron chi connectivity index (χ2n) is 4.76. The summed E-state index contributed by atoms with van der Waals surface area (Å²) in [6.07, 6.45) is 0.469. The van der Waals surface area contributed by atoms with Crippen LogP contribution in [0.4, 0.5) is 0 Å². The molecule has 0 amide bonds. The molecule has 1 aliphatic heterocycles. The average molecular weight is 245 g/mol. The van der Waals surface area contributed by atoms with Crippen molar-refractivity contribution >= 4 is 15.7 Å². The first-order valence-electron chi connectivity index (χ1n) is 5.40. The maximum atomic E-state index is 11.3. The predicted octanol–water partition coefficient (Wildman–Crippen LogP) is 0.785. The molecule has 0 N–H and O–H groups in total. The Morgan fingerprint density at radius 2 is 2.38 bits per heavy atom. The van der Waals surface area contributed by atoms with Crippen molar-refractivity contribution in [3.05, 3.63) is 0 Å². The molecule has 1 unspecified atom stereocenters. The molecule has 0 aromatic heterocycles. The molecule has 1 heterocycles. The number of phosphoric ester groups is 1. The molecule has 90 valence electrons. The van der Waals surface area contributed by atoms with Gasteiger partial charge in [0.05, 0.1) is 26.7 Å². The number of phosphoric acid groups is 1. The third kappa shape index (κ3) is 2.36. The zero-order valence-corrected chi connectivity index (χ0v) is 10.3. The average Bonchev–Trinajstić information content (AvgIpc) is 2.49. The van der Waals surface area contributed by atoms with Crippen molar-refractivity contribution in [3.8, 4) is 0 Å². The summed E-state index contributed by atoms with van der Waals surface area (Å²) in [5.41, 5.74) is -0.902. The van der Waals surface area contributed by atoms with Crippen LogP contribution in [0.2, 0.25) is 5.82 Å². The minimum atomic E-state index is -4.16. The highest BCUT2D eigenvalue weighted by Gasteiger charge is 2.56. The van der Waals surface area contributed by atoms with E-state index in [-0.39, 0.29) is 18.5 Å². The summed E-state index contributed by atoms with van der Waals surface area (Å²) >= 11 is 0. The molecule has 2 aliphatic rings. The molecule has 5 nitrogen and oxygen atoms in total. The van der Waals surface area contributed by atoms with Crippen LogP contribution in [0.1, 0.15) is 26.7 Å². The van der Waals surface area contributed by atoms with Gasteiger partial charge in [-0.1, -0.05) is 5.82 Å². The summed E-state index contributed by atoms with van der Waals surface area (Å²) in [6, 6.07) is 0. The van der Waals surface area contributed by atoms with E-state index in [1.165, 1.54) is 0 Å². The fraction of sp³-hybridized carbons (Fsp3) is 1.00. The highest BCUT2D eigenvalue weighted by atomic mass is 31.2. The molecule has 2 fully saturated rings. The Morgan fingerprint density at radius 1 is 1.69 bits per heavy atom. The quantitative estimate of drug-likeness (QED) is 0.543. The molecule has 7 heteroatoms.